The molecule has 1 aliphatic heterocycles. The van der Waals surface area contributed by atoms with Gasteiger partial charge in [-0.1, -0.05) is 26.0 Å². The number of rotatable bonds is 7. The standard InChI is InChI=1S/C19H28FN3O2/c1-14(2)12-19(25)21-10-9-18(24)22-15-6-5-11-23(13-15)17-8-4-3-7-16(17)20/h3-4,7-8,14-15H,5-6,9-13H2,1-2H3,(H,21,25)(H,22,24). The van der Waals surface area contributed by atoms with Crippen molar-refractivity contribution in [1.29, 1.82) is 0 Å². The Labute approximate surface area is 149 Å². The summed E-state index contributed by atoms with van der Waals surface area (Å²) in [6.07, 6.45) is 2.53. The van der Waals surface area contributed by atoms with Gasteiger partial charge in [0, 0.05) is 38.5 Å². The van der Waals surface area contributed by atoms with Crippen molar-refractivity contribution in [2.75, 3.05) is 24.5 Å². The van der Waals surface area contributed by atoms with Crippen LogP contribution in [0.1, 0.15) is 39.5 Å². The second kappa shape index (κ2) is 9.39. The number of hydrogen-bond donors (Lipinski definition) is 2. The Kier molecular flexibility index (Phi) is 7.22. The van der Waals surface area contributed by atoms with Crippen LogP contribution >= 0.6 is 0 Å². The minimum Gasteiger partial charge on any atom is -0.367 e. The molecular formula is C19H28FN3O2. The summed E-state index contributed by atoms with van der Waals surface area (Å²) in [7, 11) is 0. The van der Waals surface area contributed by atoms with Crippen LogP contribution in [0.5, 0.6) is 0 Å². The fraction of sp³-hybridized carbons (Fsp3) is 0.579. The van der Waals surface area contributed by atoms with Gasteiger partial charge in [0.15, 0.2) is 0 Å². The molecule has 1 aromatic carbocycles. The summed E-state index contributed by atoms with van der Waals surface area (Å²) in [5.41, 5.74) is 0.586. The van der Waals surface area contributed by atoms with Gasteiger partial charge in [0.2, 0.25) is 11.8 Å². The van der Waals surface area contributed by atoms with Crippen LogP contribution in [0.2, 0.25) is 0 Å². The van der Waals surface area contributed by atoms with E-state index in [4.69, 9.17) is 0 Å². The Bertz CT molecular complexity index is 592. The lowest BCUT2D eigenvalue weighted by Gasteiger charge is -2.35. The Morgan fingerprint density at radius 2 is 2.04 bits per heavy atom. The van der Waals surface area contributed by atoms with E-state index in [1.54, 1.807) is 12.1 Å². The van der Waals surface area contributed by atoms with Gasteiger partial charge in [-0.3, -0.25) is 9.59 Å². The molecule has 1 unspecified atom stereocenters. The summed E-state index contributed by atoms with van der Waals surface area (Å²) in [6, 6.07) is 6.73. The third-order valence-corrected chi connectivity index (χ3v) is 4.25. The second-order valence-electron chi connectivity index (χ2n) is 7.00. The zero-order valence-corrected chi connectivity index (χ0v) is 15.1. The van der Waals surface area contributed by atoms with E-state index >= 15 is 0 Å². The van der Waals surface area contributed by atoms with Crippen LogP contribution in [0.25, 0.3) is 0 Å². The molecule has 5 nitrogen and oxygen atoms in total. The molecule has 1 aromatic rings. The molecule has 2 N–H and O–H groups in total. The number of amides is 2. The summed E-state index contributed by atoms with van der Waals surface area (Å²) < 4.78 is 13.9. The molecular weight excluding hydrogens is 321 g/mol. The average Bonchev–Trinajstić information content (AvgIpc) is 2.54. The van der Waals surface area contributed by atoms with Crippen molar-refractivity contribution in [2.45, 2.75) is 45.6 Å². The largest absolute Gasteiger partial charge is 0.367 e. The Balaban J connectivity index is 1.75. The predicted molar refractivity (Wildman–Crippen MR) is 96.9 cm³/mol. The van der Waals surface area contributed by atoms with Crippen LogP contribution in [-0.2, 0) is 9.59 Å². The predicted octanol–water partition coefficient (Wildman–Crippen LogP) is 2.46. The molecule has 6 heteroatoms. The summed E-state index contributed by atoms with van der Waals surface area (Å²) in [5.74, 6) is -0.0285. The third-order valence-electron chi connectivity index (χ3n) is 4.25. The Morgan fingerprint density at radius 3 is 2.76 bits per heavy atom. The maximum atomic E-state index is 13.9. The van der Waals surface area contributed by atoms with Gasteiger partial charge in [-0.2, -0.15) is 0 Å². The molecule has 1 heterocycles. The van der Waals surface area contributed by atoms with Crippen molar-refractivity contribution >= 4 is 17.5 Å². The lowest BCUT2D eigenvalue weighted by molar-refractivity contribution is -0.123. The summed E-state index contributed by atoms with van der Waals surface area (Å²) in [5, 5.41) is 5.76. The van der Waals surface area contributed by atoms with E-state index in [2.05, 4.69) is 10.6 Å². The number of anilines is 1. The third kappa shape index (κ3) is 6.36. The number of carbonyl (C=O) groups excluding carboxylic acids is 2. The Hall–Kier alpha value is -2.11. The van der Waals surface area contributed by atoms with Crippen LogP contribution in [0.15, 0.2) is 24.3 Å². The first-order chi connectivity index (χ1) is 12.0. The highest BCUT2D eigenvalue weighted by molar-refractivity contribution is 5.79. The maximum Gasteiger partial charge on any atom is 0.222 e. The molecule has 2 amide bonds. The first-order valence-electron chi connectivity index (χ1n) is 9.01. The van der Waals surface area contributed by atoms with Crippen LogP contribution in [0.4, 0.5) is 10.1 Å². The van der Waals surface area contributed by atoms with Gasteiger partial charge in [0.25, 0.3) is 0 Å². The van der Waals surface area contributed by atoms with Crippen LogP contribution < -0.4 is 15.5 Å². The monoisotopic (exact) mass is 349 g/mol. The molecule has 0 aliphatic carbocycles. The lowest BCUT2D eigenvalue weighted by atomic mass is 10.0. The molecule has 1 fully saturated rings. The number of hydrogen-bond acceptors (Lipinski definition) is 3. The molecule has 25 heavy (non-hydrogen) atoms. The highest BCUT2D eigenvalue weighted by Gasteiger charge is 2.23. The molecule has 1 atom stereocenters. The van der Waals surface area contributed by atoms with Crippen LogP contribution in [0, 0.1) is 11.7 Å². The highest BCUT2D eigenvalue weighted by Crippen LogP contribution is 2.22. The smallest absolute Gasteiger partial charge is 0.222 e. The van der Waals surface area contributed by atoms with E-state index in [0.717, 1.165) is 19.4 Å². The number of piperidine rings is 1. The zero-order valence-electron chi connectivity index (χ0n) is 15.1. The number of carbonyl (C=O) groups is 2. The second-order valence-corrected chi connectivity index (χ2v) is 7.00. The van der Waals surface area contributed by atoms with Crippen molar-refractivity contribution in [3.63, 3.8) is 0 Å². The van der Waals surface area contributed by atoms with Crippen molar-refractivity contribution in [3.05, 3.63) is 30.1 Å². The number of para-hydroxylation sites is 1. The number of halogens is 1. The topological polar surface area (TPSA) is 61.4 Å². The SMILES string of the molecule is CC(C)CC(=O)NCCC(=O)NC1CCCN(c2ccccc2F)C1. The maximum absolute atomic E-state index is 13.9. The van der Waals surface area contributed by atoms with E-state index in [1.165, 1.54) is 6.07 Å². The van der Waals surface area contributed by atoms with Gasteiger partial charge in [-0.05, 0) is 30.9 Å². The van der Waals surface area contributed by atoms with Gasteiger partial charge in [-0.25, -0.2) is 4.39 Å². The van der Waals surface area contributed by atoms with Gasteiger partial charge in [0.1, 0.15) is 5.82 Å². The molecule has 1 saturated heterocycles. The lowest BCUT2D eigenvalue weighted by Crippen LogP contribution is -2.48. The van der Waals surface area contributed by atoms with Crippen molar-refractivity contribution in [1.82, 2.24) is 10.6 Å². The molecule has 2 rings (SSSR count). The van der Waals surface area contributed by atoms with Gasteiger partial charge in [-0.15, -0.1) is 0 Å². The number of nitrogens with one attached hydrogen (secondary N) is 2. The highest BCUT2D eigenvalue weighted by atomic mass is 19.1. The van der Waals surface area contributed by atoms with Crippen molar-refractivity contribution in [2.24, 2.45) is 5.92 Å². The van der Waals surface area contributed by atoms with E-state index in [1.807, 2.05) is 24.8 Å². The molecule has 1 aliphatic rings. The van der Waals surface area contributed by atoms with Crippen LogP contribution in [-0.4, -0.2) is 37.5 Å². The first kappa shape index (κ1) is 19.2. The average molecular weight is 349 g/mol. The van der Waals surface area contributed by atoms with E-state index in [0.29, 0.717) is 31.1 Å². The first-order valence-corrected chi connectivity index (χ1v) is 9.01. The molecule has 138 valence electrons. The van der Waals surface area contributed by atoms with Gasteiger partial charge >= 0.3 is 0 Å². The molecule has 0 radical (unpaired) electrons. The summed E-state index contributed by atoms with van der Waals surface area (Å²) >= 11 is 0. The molecule has 0 aromatic heterocycles. The number of nitrogens with zero attached hydrogens (tertiary/aromatic N) is 1. The normalized spacial score (nSPS) is 17.4. The fourth-order valence-corrected chi connectivity index (χ4v) is 3.08. The molecule has 0 spiro atoms. The van der Waals surface area contributed by atoms with E-state index in [9.17, 15) is 14.0 Å². The molecule has 0 saturated carbocycles. The van der Waals surface area contributed by atoms with E-state index < -0.39 is 0 Å². The van der Waals surface area contributed by atoms with Gasteiger partial charge < -0.3 is 15.5 Å². The minimum absolute atomic E-state index is 0.00669. The van der Waals surface area contributed by atoms with Crippen LogP contribution in [0.3, 0.4) is 0 Å². The Morgan fingerprint density at radius 1 is 1.28 bits per heavy atom. The van der Waals surface area contributed by atoms with E-state index in [-0.39, 0.29) is 30.1 Å². The van der Waals surface area contributed by atoms with Crippen molar-refractivity contribution < 1.29 is 14.0 Å². The quantitative estimate of drug-likeness (QED) is 0.795. The molecule has 0 bridgehead atoms. The summed E-state index contributed by atoms with van der Waals surface area (Å²) in [6.45, 7) is 5.71. The summed E-state index contributed by atoms with van der Waals surface area (Å²) in [4.78, 5) is 25.6. The minimum atomic E-state index is -0.234. The van der Waals surface area contributed by atoms with Gasteiger partial charge in [0.05, 0.1) is 5.69 Å². The fourth-order valence-electron chi connectivity index (χ4n) is 3.08. The zero-order chi connectivity index (χ0) is 18.2. The number of benzene rings is 1. The van der Waals surface area contributed by atoms with Crippen molar-refractivity contribution in [3.8, 4) is 0 Å².